The van der Waals surface area contributed by atoms with Gasteiger partial charge in [0.2, 0.25) is 5.91 Å². The zero-order valence-corrected chi connectivity index (χ0v) is 13.3. The second kappa shape index (κ2) is 6.01. The molecule has 0 radical (unpaired) electrons. The van der Waals surface area contributed by atoms with Crippen molar-refractivity contribution in [1.29, 1.82) is 5.26 Å². The standard InChI is InChI=1S/C19H15N3O2/c1-12(23)21-14-8-9-15-16(10-14)18(13-6-4-3-5-7-13)17(11-20)22(2)19(15)24/h3-10H,1-2H3,(H,21,23). The molecule has 0 spiro atoms. The van der Waals surface area contributed by atoms with Crippen molar-refractivity contribution in [3.63, 3.8) is 0 Å². The smallest absolute Gasteiger partial charge is 0.259 e. The normalized spacial score (nSPS) is 10.4. The fraction of sp³-hybridized carbons (Fsp3) is 0.105. The summed E-state index contributed by atoms with van der Waals surface area (Å²) in [5, 5.41) is 13.4. The number of aromatic nitrogens is 1. The van der Waals surface area contributed by atoms with Crippen LogP contribution in [0.2, 0.25) is 0 Å². The van der Waals surface area contributed by atoms with Crippen molar-refractivity contribution in [2.24, 2.45) is 7.05 Å². The Labute approximate surface area is 138 Å². The Bertz CT molecular complexity index is 1040. The number of hydrogen-bond acceptors (Lipinski definition) is 3. The Kier molecular flexibility index (Phi) is 3.88. The maximum atomic E-state index is 12.5. The van der Waals surface area contributed by atoms with Gasteiger partial charge in [-0.05, 0) is 29.1 Å². The predicted octanol–water partition coefficient (Wildman–Crippen LogP) is 3.04. The van der Waals surface area contributed by atoms with Gasteiger partial charge >= 0.3 is 0 Å². The van der Waals surface area contributed by atoms with Crippen LogP contribution in [0.5, 0.6) is 0 Å². The van der Waals surface area contributed by atoms with Crippen molar-refractivity contribution in [3.05, 3.63) is 64.6 Å². The topological polar surface area (TPSA) is 74.9 Å². The largest absolute Gasteiger partial charge is 0.326 e. The van der Waals surface area contributed by atoms with Gasteiger partial charge in [-0.15, -0.1) is 0 Å². The van der Waals surface area contributed by atoms with Crippen LogP contribution in [0.4, 0.5) is 5.69 Å². The maximum Gasteiger partial charge on any atom is 0.259 e. The fourth-order valence-electron chi connectivity index (χ4n) is 2.82. The number of anilines is 1. The molecule has 1 N–H and O–H groups in total. The van der Waals surface area contributed by atoms with Gasteiger partial charge < -0.3 is 9.88 Å². The number of carbonyl (C=O) groups excluding carboxylic acids is 1. The molecule has 0 aliphatic rings. The summed E-state index contributed by atoms with van der Waals surface area (Å²) in [6.45, 7) is 1.42. The second-order valence-corrected chi connectivity index (χ2v) is 5.51. The van der Waals surface area contributed by atoms with Crippen molar-refractivity contribution < 1.29 is 4.79 Å². The summed E-state index contributed by atoms with van der Waals surface area (Å²) in [4.78, 5) is 23.9. The van der Waals surface area contributed by atoms with Crippen LogP contribution in [0.3, 0.4) is 0 Å². The minimum absolute atomic E-state index is 0.194. The molecule has 24 heavy (non-hydrogen) atoms. The molecule has 5 nitrogen and oxygen atoms in total. The van der Waals surface area contributed by atoms with E-state index in [1.54, 1.807) is 25.2 Å². The van der Waals surface area contributed by atoms with Gasteiger partial charge in [0, 0.05) is 30.6 Å². The molecule has 118 valence electrons. The maximum absolute atomic E-state index is 12.5. The lowest BCUT2D eigenvalue weighted by Crippen LogP contribution is -2.20. The monoisotopic (exact) mass is 317 g/mol. The molecule has 0 aliphatic heterocycles. The van der Waals surface area contributed by atoms with Gasteiger partial charge in [0.05, 0.1) is 0 Å². The minimum atomic E-state index is -0.240. The molecular formula is C19H15N3O2. The van der Waals surface area contributed by atoms with E-state index in [1.807, 2.05) is 30.3 Å². The molecule has 0 bridgehead atoms. The first kappa shape index (κ1) is 15.5. The number of amides is 1. The number of hydrogen-bond donors (Lipinski definition) is 1. The van der Waals surface area contributed by atoms with Crippen LogP contribution in [0, 0.1) is 11.3 Å². The number of nitriles is 1. The van der Waals surface area contributed by atoms with E-state index in [4.69, 9.17) is 0 Å². The summed E-state index contributed by atoms with van der Waals surface area (Å²) in [6, 6.07) is 16.7. The predicted molar refractivity (Wildman–Crippen MR) is 93.6 cm³/mol. The van der Waals surface area contributed by atoms with Crippen LogP contribution in [0.15, 0.2) is 53.3 Å². The molecule has 0 unspecified atom stereocenters. The SMILES string of the molecule is CC(=O)Nc1ccc2c(=O)n(C)c(C#N)c(-c3ccccc3)c2c1. The number of carbonyl (C=O) groups is 1. The quantitative estimate of drug-likeness (QED) is 0.789. The van der Waals surface area contributed by atoms with E-state index in [0.29, 0.717) is 27.7 Å². The third kappa shape index (κ3) is 2.55. The molecule has 0 fully saturated rings. The summed E-state index contributed by atoms with van der Waals surface area (Å²) < 4.78 is 1.36. The molecule has 0 aliphatic carbocycles. The first-order valence-corrected chi connectivity index (χ1v) is 7.42. The van der Waals surface area contributed by atoms with Crippen LogP contribution in [0.1, 0.15) is 12.6 Å². The van der Waals surface area contributed by atoms with Crippen LogP contribution in [-0.2, 0) is 11.8 Å². The van der Waals surface area contributed by atoms with Gasteiger partial charge in [-0.2, -0.15) is 5.26 Å². The third-order valence-electron chi connectivity index (χ3n) is 3.88. The van der Waals surface area contributed by atoms with Crippen molar-refractivity contribution in [2.75, 3.05) is 5.32 Å². The second-order valence-electron chi connectivity index (χ2n) is 5.51. The lowest BCUT2D eigenvalue weighted by atomic mass is 9.96. The highest BCUT2D eigenvalue weighted by atomic mass is 16.1. The highest BCUT2D eigenvalue weighted by Gasteiger charge is 2.16. The number of pyridine rings is 1. The summed E-state index contributed by atoms with van der Waals surface area (Å²) in [7, 11) is 1.59. The Morgan fingerprint density at radius 2 is 1.83 bits per heavy atom. The number of fused-ring (bicyclic) bond motifs is 1. The summed E-state index contributed by atoms with van der Waals surface area (Å²) in [5.74, 6) is -0.194. The molecule has 1 heterocycles. The minimum Gasteiger partial charge on any atom is -0.326 e. The lowest BCUT2D eigenvalue weighted by Gasteiger charge is -2.14. The van der Waals surface area contributed by atoms with Crippen molar-refractivity contribution in [3.8, 4) is 17.2 Å². The third-order valence-corrected chi connectivity index (χ3v) is 3.88. The first-order chi connectivity index (χ1) is 11.5. The van der Waals surface area contributed by atoms with E-state index in [1.165, 1.54) is 11.5 Å². The molecule has 0 atom stereocenters. The highest BCUT2D eigenvalue weighted by Crippen LogP contribution is 2.31. The molecule has 5 heteroatoms. The average Bonchev–Trinajstić information content (AvgIpc) is 2.58. The van der Waals surface area contributed by atoms with E-state index in [0.717, 1.165) is 5.56 Å². The summed E-state index contributed by atoms with van der Waals surface area (Å²) in [6.07, 6.45) is 0. The fourth-order valence-corrected chi connectivity index (χ4v) is 2.82. The van der Waals surface area contributed by atoms with Gasteiger partial charge in [0.1, 0.15) is 11.8 Å². The average molecular weight is 317 g/mol. The molecule has 3 aromatic rings. The Morgan fingerprint density at radius 1 is 1.12 bits per heavy atom. The van der Waals surface area contributed by atoms with Crippen molar-refractivity contribution >= 4 is 22.4 Å². The summed E-state index contributed by atoms with van der Waals surface area (Å²) in [5.41, 5.74) is 2.16. The van der Waals surface area contributed by atoms with Gasteiger partial charge in [-0.25, -0.2) is 0 Å². The molecule has 2 aromatic carbocycles. The van der Waals surface area contributed by atoms with Crippen molar-refractivity contribution in [2.45, 2.75) is 6.92 Å². The van der Waals surface area contributed by atoms with Gasteiger partial charge in [-0.3, -0.25) is 9.59 Å². The molecule has 0 saturated carbocycles. The van der Waals surface area contributed by atoms with E-state index in [-0.39, 0.29) is 11.5 Å². The van der Waals surface area contributed by atoms with Gasteiger partial charge in [-0.1, -0.05) is 30.3 Å². The molecular weight excluding hydrogens is 302 g/mol. The Hall–Kier alpha value is -3.39. The van der Waals surface area contributed by atoms with Gasteiger partial charge in [0.15, 0.2) is 0 Å². The summed E-state index contributed by atoms with van der Waals surface area (Å²) >= 11 is 0. The van der Waals surface area contributed by atoms with E-state index in [2.05, 4.69) is 11.4 Å². The molecule has 3 rings (SSSR count). The molecule has 1 amide bonds. The van der Waals surface area contributed by atoms with E-state index >= 15 is 0 Å². The number of rotatable bonds is 2. The van der Waals surface area contributed by atoms with Crippen molar-refractivity contribution in [1.82, 2.24) is 4.57 Å². The van der Waals surface area contributed by atoms with Crippen LogP contribution in [-0.4, -0.2) is 10.5 Å². The van der Waals surface area contributed by atoms with E-state index < -0.39 is 0 Å². The Morgan fingerprint density at radius 3 is 2.46 bits per heavy atom. The lowest BCUT2D eigenvalue weighted by molar-refractivity contribution is -0.114. The zero-order chi connectivity index (χ0) is 17.3. The van der Waals surface area contributed by atoms with Crippen LogP contribution in [0.25, 0.3) is 21.9 Å². The molecule has 1 aromatic heterocycles. The van der Waals surface area contributed by atoms with Gasteiger partial charge in [0.25, 0.3) is 5.56 Å². The number of nitrogens with zero attached hydrogens (tertiary/aromatic N) is 2. The van der Waals surface area contributed by atoms with Crippen LogP contribution >= 0.6 is 0 Å². The van der Waals surface area contributed by atoms with Crippen LogP contribution < -0.4 is 10.9 Å². The van der Waals surface area contributed by atoms with E-state index in [9.17, 15) is 14.9 Å². The molecule has 0 saturated heterocycles. The highest BCUT2D eigenvalue weighted by molar-refractivity contribution is 6.01. The zero-order valence-electron chi connectivity index (χ0n) is 13.3. The Balaban J connectivity index is 2.46. The first-order valence-electron chi connectivity index (χ1n) is 7.42. The number of nitrogens with one attached hydrogen (secondary N) is 1. The number of benzene rings is 2.